The number of nitrogens with zero attached hydrogens (tertiary/aromatic N) is 3. The van der Waals surface area contributed by atoms with Crippen LogP contribution in [0.15, 0.2) is 24.4 Å². The number of rotatable bonds is 4. The zero-order chi connectivity index (χ0) is 18.4. The van der Waals surface area contributed by atoms with Crippen LogP contribution in [0.1, 0.15) is 46.8 Å². The normalized spacial score (nSPS) is 19.0. The maximum atomic E-state index is 13.0. The van der Waals surface area contributed by atoms with E-state index in [9.17, 15) is 14.7 Å². The van der Waals surface area contributed by atoms with Gasteiger partial charge in [-0.15, -0.1) is 12.4 Å². The molecule has 1 saturated carbocycles. The van der Waals surface area contributed by atoms with Crippen molar-refractivity contribution >= 4 is 35.9 Å². The Morgan fingerprint density at radius 2 is 2.00 bits per heavy atom. The zero-order valence-electron chi connectivity index (χ0n) is 14.9. The molecule has 27 heavy (non-hydrogen) atoms. The molecule has 1 amide bonds. The van der Waals surface area contributed by atoms with Gasteiger partial charge in [0.1, 0.15) is 0 Å². The minimum absolute atomic E-state index is 0. The van der Waals surface area contributed by atoms with E-state index in [4.69, 9.17) is 11.6 Å². The minimum Gasteiger partial charge on any atom is -0.481 e. The third kappa shape index (κ3) is 3.69. The van der Waals surface area contributed by atoms with Crippen LogP contribution in [0, 0.1) is 12.8 Å². The van der Waals surface area contributed by atoms with Crippen molar-refractivity contribution in [1.29, 1.82) is 0 Å². The van der Waals surface area contributed by atoms with Crippen LogP contribution in [0.5, 0.6) is 0 Å². The zero-order valence-corrected chi connectivity index (χ0v) is 16.5. The SMILES string of the molecule is Cc1ccc(-n2ncc(C(=O)N3CCC(C(=O)O)C3)c2C2CC2)cc1Cl.Cl. The Kier molecular flexibility index (Phi) is 5.49. The van der Waals surface area contributed by atoms with Gasteiger partial charge in [-0.1, -0.05) is 17.7 Å². The second-order valence-electron chi connectivity index (χ2n) is 7.14. The highest BCUT2D eigenvalue weighted by atomic mass is 35.5. The molecule has 0 radical (unpaired) electrons. The molecule has 1 aromatic carbocycles. The standard InChI is InChI=1S/C19H20ClN3O3.ClH/c1-11-2-5-14(8-16(11)20)23-17(12-3-4-12)15(9-21-23)18(24)22-7-6-13(10-22)19(25)26;/h2,5,8-9,12-13H,3-4,6-7,10H2,1H3,(H,25,26);1H. The molecule has 0 bridgehead atoms. The highest BCUT2D eigenvalue weighted by molar-refractivity contribution is 6.31. The molecule has 1 saturated heterocycles. The Hall–Kier alpha value is -2.05. The fourth-order valence-electron chi connectivity index (χ4n) is 3.51. The van der Waals surface area contributed by atoms with Crippen LogP contribution >= 0.6 is 24.0 Å². The number of likely N-dealkylation sites (tertiary alicyclic amines) is 1. The number of aromatic nitrogens is 2. The number of halogens is 2. The van der Waals surface area contributed by atoms with Crippen molar-refractivity contribution in [2.24, 2.45) is 5.92 Å². The lowest BCUT2D eigenvalue weighted by Gasteiger charge is -2.16. The first kappa shape index (κ1) is 19.7. The maximum absolute atomic E-state index is 13.0. The molecule has 1 aliphatic carbocycles. The summed E-state index contributed by atoms with van der Waals surface area (Å²) in [5.74, 6) is -1.13. The molecule has 1 atom stereocenters. The first-order valence-electron chi connectivity index (χ1n) is 8.82. The molecule has 1 aliphatic heterocycles. The number of hydrogen-bond donors (Lipinski definition) is 1. The van der Waals surface area contributed by atoms with E-state index < -0.39 is 11.9 Å². The fourth-order valence-corrected chi connectivity index (χ4v) is 3.68. The van der Waals surface area contributed by atoms with Crippen LogP contribution in [0.2, 0.25) is 5.02 Å². The van der Waals surface area contributed by atoms with Gasteiger partial charge >= 0.3 is 5.97 Å². The number of benzene rings is 1. The summed E-state index contributed by atoms with van der Waals surface area (Å²) in [7, 11) is 0. The number of aryl methyl sites for hydroxylation is 1. The Morgan fingerprint density at radius 3 is 2.59 bits per heavy atom. The van der Waals surface area contributed by atoms with Crippen molar-refractivity contribution in [3.63, 3.8) is 0 Å². The second-order valence-corrected chi connectivity index (χ2v) is 7.55. The van der Waals surface area contributed by atoms with Crippen LogP contribution in [-0.2, 0) is 4.79 Å². The summed E-state index contributed by atoms with van der Waals surface area (Å²) in [4.78, 5) is 25.8. The molecule has 8 heteroatoms. The third-order valence-corrected chi connectivity index (χ3v) is 5.63. The molecule has 144 valence electrons. The maximum Gasteiger partial charge on any atom is 0.308 e. The van der Waals surface area contributed by atoms with Gasteiger partial charge in [-0.3, -0.25) is 9.59 Å². The molecule has 6 nitrogen and oxygen atoms in total. The average Bonchev–Trinajstić information content (AvgIpc) is 3.16. The fraction of sp³-hybridized carbons (Fsp3) is 0.421. The lowest BCUT2D eigenvalue weighted by atomic mass is 10.1. The first-order chi connectivity index (χ1) is 12.5. The largest absolute Gasteiger partial charge is 0.481 e. The minimum atomic E-state index is -0.840. The number of carbonyl (C=O) groups is 2. The van der Waals surface area contributed by atoms with Crippen molar-refractivity contribution in [2.75, 3.05) is 13.1 Å². The molecular formula is C19H21Cl2N3O3. The summed E-state index contributed by atoms with van der Waals surface area (Å²) in [6, 6.07) is 5.75. The third-order valence-electron chi connectivity index (χ3n) is 5.23. The number of aliphatic carboxylic acids is 1. The highest BCUT2D eigenvalue weighted by Gasteiger charge is 2.37. The summed E-state index contributed by atoms with van der Waals surface area (Å²) in [6.07, 6.45) is 4.17. The van der Waals surface area contributed by atoms with Crippen molar-refractivity contribution in [3.05, 3.63) is 46.2 Å². The van der Waals surface area contributed by atoms with Crippen molar-refractivity contribution in [2.45, 2.75) is 32.1 Å². The van der Waals surface area contributed by atoms with E-state index in [0.29, 0.717) is 29.5 Å². The van der Waals surface area contributed by atoms with Crippen LogP contribution in [-0.4, -0.2) is 44.8 Å². The van der Waals surface area contributed by atoms with Gasteiger partial charge in [-0.2, -0.15) is 5.10 Å². The molecule has 2 aliphatic rings. The summed E-state index contributed by atoms with van der Waals surface area (Å²) in [6.45, 7) is 2.68. The molecule has 2 fully saturated rings. The summed E-state index contributed by atoms with van der Waals surface area (Å²) < 4.78 is 1.81. The van der Waals surface area contributed by atoms with Gasteiger partial charge < -0.3 is 10.0 Å². The van der Waals surface area contributed by atoms with Crippen molar-refractivity contribution in [1.82, 2.24) is 14.7 Å². The van der Waals surface area contributed by atoms with E-state index >= 15 is 0 Å². The van der Waals surface area contributed by atoms with E-state index in [0.717, 1.165) is 29.8 Å². The van der Waals surface area contributed by atoms with Gasteiger partial charge in [0.2, 0.25) is 0 Å². The van der Waals surface area contributed by atoms with E-state index in [1.54, 1.807) is 15.8 Å². The quantitative estimate of drug-likeness (QED) is 0.835. The molecule has 4 rings (SSSR count). The summed E-state index contributed by atoms with van der Waals surface area (Å²) in [5.41, 5.74) is 3.32. The van der Waals surface area contributed by atoms with Crippen LogP contribution < -0.4 is 0 Å². The molecule has 2 heterocycles. The van der Waals surface area contributed by atoms with Crippen molar-refractivity contribution in [3.8, 4) is 5.69 Å². The number of carbonyl (C=O) groups excluding carboxylic acids is 1. The average molecular weight is 410 g/mol. The van der Waals surface area contributed by atoms with Crippen LogP contribution in [0.4, 0.5) is 0 Å². The Bertz CT molecular complexity index is 892. The topological polar surface area (TPSA) is 75.4 Å². The molecular weight excluding hydrogens is 389 g/mol. The Balaban J connectivity index is 0.00000210. The smallest absolute Gasteiger partial charge is 0.308 e. The lowest BCUT2D eigenvalue weighted by molar-refractivity contribution is -0.141. The lowest BCUT2D eigenvalue weighted by Crippen LogP contribution is -2.30. The number of carboxylic acid groups (broad SMARTS) is 1. The predicted octanol–water partition coefficient (Wildman–Crippen LogP) is 3.68. The highest BCUT2D eigenvalue weighted by Crippen LogP contribution is 2.43. The molecule has 2 aromatic rings. The summed E-state index contributed by atoms with van der Waals surface area (Å²) in [5, 5.41) is 14.3. The van der Waals surface area contributed by atoms with Gasteiger partial charge in [0.15, 0.2) is 0 Å². The van der Waals surface area contributed by atoms with Crippen LogP contribution in [0.25, 0.3) is 5.69 Å². The Labute approximate surface area is 168 Å². The van der Waals surface area contributed by atoms with E-state index in [2.05, 4.69) is 5.10 Å². The molecule has 1 aromatic heterocycles. The molecule has 1 unspecified atom stereocenters. The molecule has 0 spiro atoms. The van der Waals surface area contributed by atoms with Gasteiger partial charge in [0.05, 0.1) is 29.1 Å². The first-order valence-corrected chi connectivity index (χ1v) is 9.20. The Morgan fingerprint density at radius 1 is 1.26 bits per heavy atom. The van der Waals surface area contributed by atoms with Gasteiger partial charge in [0, 0.05) is 24.0 Å². The van der Waals surface area contributed by atoms with E-state index in [1.165, 1.54) is 0 Å². The van der Waals surface area contributed by atoms with E-state index in [1.807, 2.05) is 25.1 Å². The monoisotopic (exact) mass is 409 g/mol. The van der Waals surface area contributed by atoms with Gasteiger partial charge in [-0.05, 0) is 43.9 Å². The number of hydrogen-bond acceptors (Lipinski definition) is 3. The van der Waals surface area contributed by atoms with Crippen molar-refractivity contribution < 1.29 is 14.7 Å². The van der Waals surface area contributed by atoms with Gasteiger partial charge in [0.25, 0.3) is 5.91 Å². The summed E-state index contributed by atoms with van der Waals surface area (Å²) >= 11 is 6.26. The predicted molar refractivity (Wildman–Crippen MR) is 104 cm³/mol. The molecule has 1 N–H and O–H groups in total. The van der Waals surface area contributed by atoms with Gasteiger partial charge in [-0.25, -0.2) is 4.68 Å². The second kappa shape index (κ2) is 7.52. The van der Waals surface area contributed by atoms with E-state index in [-0.39, 0.29) is 24.9 Å². The number of carboxylic acids is 1. The number of amides is 1. The van der Waals surface area contributed by atoms with Crippen LogP contribution in [0.3, 0.4) is 0 Å².